The number of aromatic nitrogens is 2. The topological polar surface area (TPSA) is 100 Å². The Morgan fingerprint density at radius 2 is 1.78 bits per heavy atom. The van der Waals surface area contributed by atoms with Crippen molar-refractivity contribution in [2.24, 2.45) is 5.92 Å². The number of cyclic esters (lactones) is 1. The van der Waals surface area contributed by atoms with Crippen LogP contribution in [-0.2, 0) is 9.47 Å². The van der Waals surface area contributed by atoms with Crippen LogP contribution in [0.25, 0.3) is 0 Å². The number of piperidine rings is 1. The number of nitrogens with one attached hydrogen (secondary N) is 1. The van der Waals surface area contributed by atoms with Crippen LogP contribution in [0.3, 0.4) is 0 Å². The summed E-state index contributed by atoms with van der Waals surface area (Å²) in [6, 6.07) is 2.00. The van der Waals surface area contributed by atoms with Crippen LogP contribution in [0.15, 0.2) is 12.3 Å². The van der Waals surface area contributed by atoms with Crippen LogP contribution in [0.5, 0.6) is 0 Å². The maximum atomic E-state index is 12.6. The average molecular weight is 449 g/mol. The van der Waals surface area contributed by atoms with E-state index >= 15 is 0 Å². The van der Waals surface area contributed by atoms with E-state index in [-0.39, 0.29) is 18.2 Å². The first kappa shape index (κ1) is 24.0. The van der Waals surface area contributed by atoms with E-state index in [0.717, 1.165) is 25.9 Å². The van der Waals surface area contributed by atoms with Crippen molar-refractivity contribution in [3.8, 4) is 0 Å². The number of urea groups is 1. The molecule has 1 atom stereocenters. The number of carbonyl (C=O) groups is 2. The second-order valence-corrected chi connectivity index (χ2v) is 8.35. The summed E-state index contributed by atoms with van der Waals surface area (Å²) in [5.74, 6) is 1.47. The molecule has 0 radical (unpaired) electrons. The molecule has 4 heterocycles. The highest BCUT2D eigenvalue weighted by molar-refractivity contribution is 5.88. The molecular weight excluding hydrogens is 412 g/mol. The monoisotopic (exact) mass is 448 g/mol. The Labute approximate surface area is 190 Å². The first-order valence-electron chi connectivity index (χ1n) is 11.7. The van der Waals surface area contributed by atoms with E-state index in [1.165, 1.54) is 11.3 Å². The van der Waals surface area contributed by atoms with Crippen molar-refractivity contribution in [2.45, 2.75) is 46.1 Å². The van der Waals surface area contributed by atoms with Crippen molar-refractivity contribution in [3.63, 3.8) is 0 Å². The number of anilines is 2. The van der Waals surface area contributed by atoms with Crippen LogP contribution < -0.4 is 10.2 Å². The lowest BCUT2D eigenvalue weighted by molar-refractivity contribution is 0.0398. The van der Waals surface area contributed by atoms with E-state index in [4.69, 9.17) is 9.47 Å². The van der Waals surface area contributed by atoms with Crippen LogP contribution in [0.1, 0.15) is 40.0 Å². The van der Waals surface area contributed by atoms with Gasteiger partial charge in [0.15, 0.2) is 0 Å². The quantitative estimate of drug-likeness (QED) is 0.756. The summed E-state index contributed by atoms with van der Waals surface area (Å²) in [6.07, 6.45) is 4.39. The number of ether oxygens (including phenoxy) is 2. The number of amides is 3. The van der Waals surface area contributed by atoms with Crippen molar-refractivity contribution >= 4 is 23.9 Å². The number of nitrogens with zero attached hydrogens (tertiary/aromatic N) is 5. The fourth-order valence-electron chi connectivity index (χ4n) is 4.04. The molecule has 1 aromatic rings. The number of carbonyl (C=O) groups excluding carboxylic acids is 2. The van der Waals surface area contributed by atoms with Crippen LogP contribution in [-0.4, -0.2) is 90.5 Å². The number of likely N-dealkylation sites (tertiary alicyclic amines) is 1. The third kappa shape index (κ3) is 6.21. The maximum Gasteiger partial charge on any atom is 0.415 e. The highest BCUT2D eigenvalue weighted by Crippen LogP contribution is 2.24. The predicted molar refractivity (Wildman–Crippen MR) is 122 cm³/mol. The van der Waals surface area contributed by atoms with Gasteiger partial charge in [-0.05, 0) is 31.7 Å². The minimum atomic E-state index is -0.375. The summed E-state index contributed by atoms with van der Waals surface area (Å²) in [4.78, 5) is 38.5. The van der Waals surface area contributed by atoms with Gasteiger partial charge in [0.05, 0.1) is 19.8 Å². The predicted octanol–water partition coefficient (Wildman–Crippen LogP) is 2.81. The molecule has 0 aliphatic carbocycles. The van der Waals surface area contributed by atoms with E-state index < -0.39 is 0 Å². The Hall–Kier alpha value is -2.62. The molecule has 10 heteroatoms. The second kappa shape index (κ2) is 11.8. The number of morpholine rings is 1. The van der Waals surface area contributed by atoms with E-state index in [1.807, 2.05) is 9.80 Å². The van der Waals surface area contributed by atoms with Crippen molar-refractivity contribution in [1.82, 2.24) is 19.8 Å². The first-order valence-corrected chi connectivity index (χ1v) is 11.7. The van der Waals surface area contributed by atoms with Crippen LogP contribution in [0, 0.1) is 5.92 Å². The highest BCUT2D eigenvalue weighted by atomic mass is 16.6. The molecule has 0 aromatic carbocycles. The molecule has 1 aromatic heterocycles. The smallest absolute Gasteiger partial charge is 0.415 e. The molecule has 1 unspecified atom stereocenters. The minimum absolute atomic E-state index is 0.126. The summed E-state index contributed by atoms with van der Waals surface area (Å²) >= 11 is 0. The minimum Gasteiger partial charge on any atom is -0.447 e. The maximum absolute atomic E-state index is 12.6. The van der Waals surface area contributed by atoms with Crippen LogP contribution in [0.2, 0.25) is 0 Å². The Kier molecular flexibility index (Phi) is 8.90. The van der Waals surface area contributed by atoms with Crippen molar-refractivity contribution < 1.29 is 19.1 Å². The van der Waals surface area contributed by atoms with Crippen LogP contribution >= 0.6 is 0 Å². The van der Waals surface area contributed by atoms with Gasteiger partial charge in [0, 0.05) is 38.4 Å². The molecule has 3 saturated heterocycles. The standard InChI is InChI=1S/C19H28N6O4.C3H8/c1-14(21-17-20-5-2-16(22-17)25-10-13-29-19(25)27)15-3-6-23(7-4-15)18(26)24-8-11-28-12-9-24;1-3-2/h2,5,14-15H,3-4,6-13H2,1H3,(H,20,21,22);3H2,1-2H3. The zero-order chi connectivity index (χ0) is 22.9. The normalized spacial score (nSPS) is 20.3. The Balaban J connectivity index is 0.000000913. The molecule has 1 N–H and O–H groups in total. The summed E-state index contributed by atoms with van der Waals surface area (Å²) in [6.45, 7) is 11.4. The van der Waals surface area contributed by atoms with Crippen molar-refractivity contribution in [1.29, 1.82) is 0 Å². The van der Waals surface area contributed by atoms with E-state index in [0.29, 0.717) is 57.1 Å². The summed E-state index contributed by atoms with van der Waals surface area (Å²) in [5, 5.41) is 3.37. The molecule has 178 valence electrons. The van der Waals surface area contributed by atoms with Gasteiger partial charge in [0.1, 0.15) is 12.4 Å². The molecule has 4 rings (SSSR count). The molecule has 10 nitrogen and oxygen atoms in total. The first-order chi connectivity index (χ1) is 15.5. The zero-order valence-electron chi connectivity index (χ0n) is 19.5. The number of hydrogen-bond acceptors (Lipinski definition) is 7. The molecule has 3 aliphatic rings. The van der Waals surface area contributed by atoms with Crippen molar-refractivity contribution in [2.75, 3.05) is 62.8 Å². The molecule has 0 spiro atoms. The van der Waals surface area contributed by atoms with E-state index in [2.05, 4.69) is 36.1 Å². The Morgan fingerprint density at radius 3 is 2.41 bits per heavy atom. The fourth-order valence-corrected chi connectivity index (χ4v) is 4.04. The van der Waals surface area contributed by atoms with Gasteiger partial charge in [-0.1, -0.05) is 20.3 Å². The van der Waals surface area contributed by atoms with Crippen LogP contribution in [0.4, 0.5) is 21.4 Å². The van der Waals surface area contributed by atoms with Gasteiger partial charge in [-0.25, -0.2) is 14.6 Å². The summed E-state index contributed by atoms with van der Waals surface area (Å²) < 4.78 is 10.3. The Bertz CT molecular complexity index is 750. The van der Waals surface area contributed by atoms with Gasteiger partial charge >= 0.3 is 12.1 Å². The van der Waals surface area contributed by atoms with Gasteiger partial charge in [-0.2, -0.15) is 4.98 Å². The molecule has 0 saturated carbocycles. The SMILES string of the molecule is CC(Nc1nccc(N2CCOC2=O)n1)C1CCN(C(=O)N2CCOCC2)CC1.CCC. The van der Waals surface area contributed by atoms with Gasteiger partial charge in [-0.3, -0.25) is 4.90 Å². The largest absolute Gasteiger partial charge is 0.447 e. The molecule has 3 fully saturated rings. The summed E-state index contributed by atoms with van der Waals surface area (Å²) in [5.41, 5.74) is 0. The number of rotatable bonds is 4. The molecule has 3 amide bonds. The van der Waals surface area contributed by atoms with E-state index in [1.54, 1.807) is 12.3 Å². The molecular formula is C22H36N6O4. The molecule has 3 aliphatic heterocycles. The third-order valence-corrected chi connectivity index (χ3v) is 5.83. The second-order valence-electron chi connectivity index (χ2n) is 8.35. The molecule has 0 bridgehead atoms. The lowest BCUT2D eigenvalue weighted by atomic mass is 9.90. The van der Waals surface area contributed by atoms with Gasteiger partial charge in [0.2, 0.25) is 5.95 Å². The third-order valence-electron chi connectivity index (χ3n) is 5.83. The van der Waals surface area contributed by atoms with E-state index in [9.17, 15) is 9.59 Å². The lowest BCUT2D eigenvalue weighted by Gasteiger charge is -2.38. The highest BCUT2D eigenvalue weighted by Gasteiger charge is 2.30. The Morgan fingerprint density at radius 1 is 1.12 bits per heavy atom. The summed E-state index contributed by atoms with van der Waals surface area (Å²) in [7, 11) is 0. The fraction of sp³-hybridized carbons (Fsp3) is 0.727. The van der Waals surface area contributed by atoms with Gasteiger partial charge in [-0.15, -0.1) is 0 Å². The molecule has 32 heavy (non-hydrogen) atoms. The van der Waals surface area contributed by atoms with Crippen molar-refractivity contribution in [3.05, 3.63) is 12.3 Å². The van der Waals surface area contributed by atoms with Gasteiger partial charge in [0.25, 0.3) is 0 Å². The number of hydrogen-bond donors (Lipinski definition) is 1. The van der Waals surface area contributed by atoms with Gasteiger partial charge < -0.3 is 24.6 Å². The zero-order valence-corrected chi connectivity index (χ0v) is 19.5. The average Bonchev–Trinajstić information content (AvgIpc) is 3.26. The lowest BCUT2D eigenvalue weighted by Crippen LogP contribution is -2.51.